The van der Waals surface area contributed by atoms with Gasteiger partial charge >= 0.3 is 6.18 Å². The molecule has 2 aromatic rings. The maximum atomic E-state index is 12.8. The van der Waals surface area contributed by atoms with Crippen LogP contribution in [0.15, 0.2) is 43.1 Å². The van der Waals surface area contributed by atoms with Crippen molar-refractivity contribution in [2.24, 2.45) is 0 Å². The van der Waals surface area contributed by atoms with Crippen LogP contribution in [0.5, 0.6) is 0 Å². The van der Waals surface area contributed by atoms with Gasteiger partial charge in [0.1, 0.15) is 5.82 Å². The molecule has 0 amide bonds. The summed E-state index contributed by atoms with van der Waals surface area (Å²) in [7, 11) is 0. The fraction of sp³-hybridized carbons (Fsp3) is 0.143. The van der Waals surface area contributed by atoms with E-state index in [2.05, 4.69) is 27.2 Å². The van der Waals surface area contributed by atoms with Crippen molar-refractivity contribution in [2.75, 3.05) is 17.2 Å². The minimum absolute atomic E-state index is 0.227. The number of anilines is 3. The van der Waals surface area contributed by atoms with Crippen LogP contribution in [0.25, 0.3) is 0 Å². The van der Waals surface area contributed by atoms with E-state index in [4.69, 9.17) is 11.6 Å². The van der Waals surface area contributed by atoms with Crippen LogP contribution in [0.4, 0.5) is 30.6 Å². The van der Waals surface area contributed by atoms with Crippen LogP contribution >= 0.6 is 11.6 Å². The Hall–Kier alpha value is -2.28. The number of alkyl halides is 3. The molecule has 0 spiro atoms. The lowest BCUT2D eigenvalue weighted by atomic mass is 10.2. The average Bonchev–Trinajstić information content (AvgIpc) is 2.46. The standard InChI is InChI=1S/C14H12ClF3N4/c1-2-6-19-13-20-7-5-12(22-13)21-9-3-4-11(15)10(8-9)14(16,17)18/h2-5,7-8H,1,6H2,(H2,19,20,21,22). The summed E-state index contributed by atoms with van der Waals surface area (Å²) in [4.78, 5) is 8.10. The van der Waals surface area contributed by atoms with Crippen LogP contribution in [-0.2, 0) is 6.18 Å². The van der Waals surface area contributed by atoms with Gasteiger partial charge in [0, 0.05) is 18.4 Å². The van der Waals surface area contributed by atoms with Crippen molar-refractivity contribution in [3.05, 3.63) is 53.7 Å². The zero-order valence-corrected chi connectivity index (χ0v) is 12.0. The Balaban J connectivity index is 2.22. The normalized spacial score (nSPS) is 11.1. The van der Waals surface area contributed by atoms with Gasteiger partial charge in [0.15, 0.2) is 0 Å². The fourth-order valence-electron chi connectivity index (χ4n) is 1.65. The van der Waals surface area contributed by atoms with E-state index < -0.39 is 11.7 Å². The predicted octanol–water partition coefficient (Wildman–Crippen LogP) is 4.49. The molecule has 2 rings (SSSR count). The molecule has 4 nitrogen and oxygen atoms in total. The van der Waals surface area contributed by atoms with Crippen LogP contribution in [0.3, 0.4) is 0 Å². The van der Waals surface area contributed by atoms with E-state index in [1.54, 1.807) is 12.1 Å². The molecule has 0 radical (unpaired) electrons. The highest BCUT2D eigenvalue weighted by Gasteiger charge is 2.33. The summed E-state index contributed by atoms with van der Waals surface area (Å²) in [5.74, 6) is 0.701. The Bertz CT molecular complexity index is 673. The van der Waals surface area contributed by atoms with Crippen LogP contribution in [0.1, 0.15) is 5.56 Å². The van der Waals surface area contributed by atoms with Gasteiger partial charge in [-0.2, -0.15) is 18.2 Å². The van der Waals surface area contributed by atoms with Crippen molar-refractivity contribution in [1.29, 1.82) is 0 Å². The molecular formula is C14H12ClF3N4. The second kappa shape index (κ2) is 6.65. The molecule has 0 saturated heterocycles. The van der Waals surface area contributed by atoms with E-state index in [1.165, 1.54) is 18.3 Å². The first-order valence-corrected chi connectivity index (χ1v) is 6.59. The SMILES string of the molecule is C=CCNc1nccc(Nc2ccc(Cl)c(C(F)(F)F)c2)n1. The molecule has 0 aliphatic carbocycles. The first-order valence-electron chi connectivity index (χ1n) is 6.22. The quantitative estimate of drug-likeness (QED) is 0.794. The molecule has 116 valence electrons. The molecule has 0 unspecified atom stereocenters. The Morgan fingerprint density at radius 1 is 1.27 bits per heavy atom. The summed E-state index contributed by atoms with van der Waals surface area (Å²) < 4.78 is 38.4. The number of nitrogens with one attached hydrogen (secondary N) is 2. The van der Waals surface area contributed by atoms with Gasteiger partial charge in [-0.15, -0.1) is 6.58 Å². The van der Waals surface area contributed by atoms with Crippen LogP contribution in [-0.4, -0.2) is 16.5 Å². The van der Waals surface area contributed by atoms with E-state index in [1.807, 2.05) is 0 Å². The lowest BCUT2D eigenvalue weighted by molar-refractivity contribution is -0.137. The molecule has 0 aliphatic heterocycles. The van der Waals surface area contributed by atoms with Gasteiger partial charge in [-0.25, -0.2) is 4.98 Å². The Labute approximate surface area is 130 Å². The van der Waals surface area contributed by atoms with Gasteiger partial charge in [0.25, 0.3) is 0 Å². The number of hydrogen-bond acceptors (Lipinski definition) is 4. The summed E-state index contributed by atoms with van der Waals surface area (Å²) in [6, 6.07) is 5.10. The first kappa shape index (κ1) is 16.1. The minimum Gasteiger partial charge on any atom is -0.351 e. The lowest BCUT2D eigenvalue weighted by Crippen LogP contribution is -2.07. The summed E-state index contributed by atoms with van der Waals surface area (Å²) in [5, 5.41) is 5.32. The number of nitrogens with zero attached hydrogens (tertiary/aromatic N) is 2. The van der Waals surface area contributed by atoms with Gasteiger partial charge in [-0.05, 0) is 24.3 Å². The number of hydrogen-bond donors (Lipinski definition) is 2. The van der Waals surface area contributed by atoms with E-state index in [0.717, 1.165) is 6.07 Å². The summed E-state index contributed by atoms with van der Waals surface area (Å²) in [6.45, 7) is 4.03. The van der Waals surface area contributed by atoms with E-state index in [9.17, 15) is 13.2 Å². The highest BCUT2D eigenvalue weighted by Crippen LogP contribution is 2.36. The zero-order valence-electron chi connectivity index (χ0n) is 11.3. The van der Waals surface area contributed by atoms with Gasteiger partial charge in [-0.1, -0.05) is 17.7 Å². The smallest absolute Gasteiger partial charge is 0.351 e. The second-order valence-corrected chi connectivity index (χ2v) is 4.66. The molecular weight excluding hydrogens is 317 g/mol. The first-order chi connectivity index (χ1) is 10.4. The fourth-order valence-corrected chi connectivity index (χ4v) is 1.87. The van der Waals surface area contributed by atoms with Crippen molar-refractivity contribution >= 4 is 29.1 Å². The Morgan fingerprint density at radius 3 is 2.73 bits per heavy atom. The van der Waals surface area contributed by atoms with Gasteiger partial charge < -0.3 is 10.6 Å². The number of rotatable bonds is 5. The Morgan fingerprint density at radius 2 is 2.05 bits per heavy atom. The van der Waals surface area contributed by atoms with Crippen molar-refractivity contribution in [3.63, 3.8) is 0 Å². The average molecular weight is 329 g/mol. The molecule has 0 atom stereocenters. The minimum atomic E-state index is -4.52. The van der Waals surface area contributed by atoms with Gasteiger partial charge in [-0.3, -0.25) is 0 Å². The van der Waals surface area contributed by atoms with Crippen molar-refractivity contribution in [2.45, 2.75) is 6.18 Å². The molecule has 22 heavy (non-hydrogen) atoms. The number of benzene rings is 1. The molecule has 2 N–H and O–H groups in total. The largest absolute Gasteiger partial charge is 0.417 e. The second-order valence-electron chi connectivity index (χ2n) is 4.25. The van der Waals surface area contributed by atoms with E-state index >= 15 is 0 Å². The van der Waals surface area contributed by atoms with Gasteiger partial charge in [0.2, 0.25) is 5.95 Å². The lowest BCUT2D eigenvalue weighted by Gasteiger charge is -2.12. The molecule has 1 heterocycles. The highest BCUT2D eigenvalue weighted by atomic mass is 35.5. The van der Waals surface area contributed by atoms with Crippen molar-refractivity contribution in [1.82, 2.24) is 9.97 Å². The summed E-state index contributed by atoms with van der Waals surface area (Å²) >= 11 is 5.57. The maximum Gasteiger partial charge on any atom is 0.417 e. The topological polar surface area (TPSA) is 49.8 Å². The molecule has 1 aromatic heterocycles. The van der Waals surface area contributed by atoms with Crippen LogP contribution in [0.2, 0.25) is 5.02 Å². The number of halogens is 4. The summed E-state index contributed by atoms with van der Waals surface area (Å²) in [5.41, 5.74) is -0.677. The Kier molecular flexibility index (Phi) is 4.87. The van der Waals surface area contributed by atoms with Crippen LogP contribution < -0.4 is 10.6 Å². The van der Waals surface area contributed by atoms with E-state index in [0.29, 0.717) is 18.3 Å². The molecule has 1 aromatic carbocycles. The third-order valence-electron chi connectivity index (χ3n) is 2.60. The summed E-state index contributed by atoms with van der Waals surface area (Å²) in [6.07, 6.45) is -1.39. The van der Waals surface area contributed by atoms with Crippen LogP contribution in [0, 0.1) is 0 Å². The van der Waals surface area contributed by atoms with E-state index in [-0.39, 0.29) is 10.7 Å². The molecule has 8 heteroatoms. The molecule has 0 fully saturated rings. The maximum absolute atomic E-state index is 12.8. The highest BCUT2D eigenvalue weighted by molar-refractivity contribution is 6.31. The number of aromatic nitrogens is 2. The molecule has 0 aliphatic rings. The third-order valence-corrected chi connectivity index (χ3v) is 2.93. The van der Waals surface area contributed by atoms with Crippen molar-refractivity contribution in [3.8, 4) is 0 Å². The predicted molar refractivity (Wildman–Crippen MR) is 80.5 cm³/mol. The molecule has 0 saturated carbocycles. The molecule has 0 bridgehead atoms. The zero-order chi connectivity index (χ0) is 16.2. The monoisotopic (exact) mass is 328 g/mol. The van der Waals surface area contributed by atoms with Gasteiger partial charge in [0.05, 0.1) is 10.6 Å². The third kappa shape index (κ3) is 4.11. The van der Waals surface area contributed by atoms with Crippen molar-refractivity contribution < 1.29 is 13.2 Å².